The molecule has 1 aliphatic heterocycles. The van der Waals surface area contributed by atoms with E-state index in [0.29, 0.717) is 12.4 Å². The Balaban J connectivity index is 1.46. The Hall–Kier alpha value is -1.95. The quantitative estimate of drug-likeness (QED) is 0.850. The Morgan fingerprint density at radius 2 is 2.00 bits per heavy atom. The molecule has 1 aliphatic rings. The van der Waals surface area contributed by atoms with Gasteiger partial charge in [0.25, 0.3) is 0 Å². The number of aryl methyl sites for hydroxylation is 1. The zero-order valence-electron chi connectivity index (χ0n) is 12.7. The van der Waals surface area contributed by atoms with Gasteiger partial charge in [-0.1, -0.05) is 12.1 Å². The number of aromatic nitrogens is 2. The first-order valence-corrected chi connectivity index (χ1v) is 7.69. The second-order valence-corrected chi connectivity index (χ2v) is 5.51. The van der Waals surface area contributed by atoms with Crippen LogP contribution in [0.4, 0.5) is 4.39 Å². The Morgan fingerprint density at radius 1 is 1.27 bits per heavy atom. The highest BCUT2D eigenvalue weighted by Crippen LogP contribution is 2.20. The van der Waals surface area contributed by atoms with Crippen LogP contribution in [0, 0.1) is 5.82 Å². The van der Waals surface area contributed by atoms with Crippen LogP contribution in [0.25, 0.3) is 0 Å². The van der Waals surface area contributed by atoms with Gasteiger partial charge in [0.15, 0.2) is 5.82 Å². The van der Waals surface area contributed by atoms with Crippen LogP contribution in [0.5, 0.6) is 5.75 Å². The third-order valence-electron chi connectivity index (χ3n) is 3.83. The highest BCUT2D eigenvalue weighted by molar-refractivity contribution is 5.22. The maximum atomic E-state index is 12.9. The number of piperidine rings is 1. The third kappa shape index (κ3) is 3.82. The number of rotatable bonds is 5. The second kappa shape index (κ2) is 6.87. The predicted octanol–water partition coefficient (Wildman–Crippen LogP) is 2.81. The smallest absolute Gasteiger partial charge is 0.226 e. The van der Waals surface area contributed by atoms with Crippen molar-refractivity contribution in [2.45, 2.75) is 38.8 Å². The zero-order valence-corrected chi connectivity index (χ0v) is 12.7. The number of hydrogen-bond acceptors (Lipinski definition) is 5. The molecule has 2 heterocycles. The summed E-state index contributed by atoms with van der Waals surface area (Å²) >= 11 is 0. The van der Waals surface area contributed by atoms with Gasteiger partial charge in [-0.05, 0) is 37.1 Å². The number of benzene rings is 1. The summed E-state index contributed by atoms with van der Waals surface area (Å²) in [6.07, 6.45) is 2.82. The van der Waals surface area contributed by atoms with Crippen LogP contribution in [0.15, 0.2) is 28.8 Å². The van der Waals surface area contributed by atoms with E-state index in [-0.39, 0.29) is 11.9 Å². The summed E-state index contributed by atoms with van der Waals surface area (Å²) in [5.41, 5.74) is 0. The lowest BCUT2D eigenvalue weighted by Gasteiger charge is -2.31. The normalized spacial score (nSPS) is 16.8. The number of halogens is 1. The average molecular weight is 305 g/mol. The van der Waals surface area contributed by atoms with Crippen LogP contribution in [-0.4, -0.2) is 34.2 Å². The molecular formula is C16H20FN3O2. The minimum absolute atomic E-state index is 0.179. The van der Waals surface area contributed by atoms with Gasteiger partial charge in [0, 0.05) is 19.5 Å². The molecule has 0 bridgehead atoms. The van der Waals surface area contributed by atoms with Crippen molar-refractivity contribution in [3.63, 3.8) is 0 Å². The van der Waals surface area contributed by atoms with Crippen molar-refractivity contribution in [2.24, 2.45) is 0 Å². The maximum Gasteiger partial charge on any atom is 0.226 e. The van der Waals surface area contributed by atoms with E-state index in [9.17, 15) is 4.39 Å². The van der Waals surface area contributed by atoms with Crippen molar-refractivity contribution < 1.29 is 13.7 Å². The second-order valence-electron chi connectivity index (χ2n) is 5.51. The Bertz CT molecular complexity index is 592. The minimum atomic E-state index is -0.242. The number of nitrogens with zero attached hydrogens (tertiary/aromatic N) is 3. The van der Waals surface area contributed by atoms with Crippen LogP contribution < -0.4 is 4.74 Å². The molecule has 3 rings (SSSR count). The van der Waals surface area contributed by atoms with Crippen LogP contribution >= 0.6 is 0 Å². The van der Waals surface area contributed by atoms with Crippen molar-refractivity contribution in [3.05, 3.63) is 41.8 Å². The zero-order chi connectivity index (χ0) is 15.4. The lowest BCUT2D eigenvalue weighted by Crippen LogP contribution is -2.38. The standard InChI is InChI=1S/C16H20FN3O2/c1-2-16-18-15(19-22-16)11-20-9-7-14(8-10-20)21-13-5-3-12(17)4-6-13/h3-6,14H,2,7-11H2,1H3. The Labute approximate surface area is 129 Å². The first kappa shape index (κ1) is 15.0. The summed E-state index contributed by atoms with van der Waals surface area (Å²) in [5.74, 6) is 1.92. The fourth-order valence-electron chi connectivity index (χ4n) is 2.59. The molecule has 0 unspecified atom stereocenters. The molecule has 0 N–H and O–H groups in total. The molecule has 1 aromatic carbocycles. The highest BCUT2D eigenvalue weighted by atomic mass is 19.1. The van der Waals surface area contributed by atoms with Gasteiger partial charge in [-0.25, -0.2) is 4.39 Å². The van der Waals surface area contributed by atoms with Gasteiger partial charge >= 0.3 is 0 Å². The molecular weight excluding hydrogens is 285 g/mol. The maximum absolute atomic E-state index is 12.9. The topological polar surface area (TPSA) is 51.4 Å². The largest absolute Gasteiger partial charge is 0.490 e. The molecule has 0 aliphatic carbocycles. The number of ether oxygens (including phenoxy) is 1. The summed E-state index contributed by atoms with van der Waals surface area (Å²) in [4.78, 5) is 6.63. The van der Waals surface area contributed by atoms with Gasteiger partial charge in [-0.3, -0.25) is 4.90 Å². The third-order valence-corrected chi connectivity index (χ3v) is 3.83. The lowest BCUT2D eigenvalue weighted by molar-refractivity contribution is 0.0948. The molecule has 1 aromatic heterocycles. The molecule has 0 radical (unpaired) electrons. The van der Waals surface area contributed by atoms with E-state index in [1.807, 2.05) is 6.92 Å². The van der Waals surface area contributed by atoms with Crippen LogP contribution in [0.2, 0.25) is 0 Å². The molecule has 0 saturated carbocycles. The molecule has 22 heavy (non-hydrogen) atoms. The van der Waals surface area contributed by atoms with Crippen molar-refractivity contribution in [3.8, 4) is 5.75 Å². The van der Waals surface area contributed by atoms with Crippen molar-refractivity contribution in [1.29, 1.82) is 0 Å². The van der Waals surface area contributed by atoms with E-state index >= 15 is 0 Å². The van der Waals surface area contributed by atoms with Crippen molar-refractivity contribution in [1.82, 2.24) is 15.0 Å². The Morgan fingerprint density at radius 3 is 2.64 bits per heavy atom. The van der Waals surface area contributed by atoms with Gasteiger partial charge in [-0.15, -0.1) is 0 Å². The molecule has 0 amide bonds. The lowest BCUT2D eigenvalue weighted by atomic mass is 10.1. The van der Waals surface area contributed by atoms with E-state index in [1.54, 1.807) is 12.1 Å². The highest BCUT2D eigenvalue weighted by Gasteiger charge is 2.21. The monoisotopic (exact) mass is 305 g/mol. The van der Waals surface area contributed by atoms with E-state index in [0.717, 1.165) is 43.9 Å². The predicted molar refractivity (Wildman–Crippen MR) is 79.0 cm³/mol. The van der Waals surface area contributed by atoms with Gasteiger partial charge in [0.2, 0.25) is 5.89 Å². The van der Waals surface area contributed by atoms with Crippen LogP contribution in [-0.2, 0) is 13.0 Å². The summed E-state index contributed by atoms with van der Waals surface area (Å²) < 4.78 is 23.9. The molecule has 1 saturated heterocycles. The van der Waals surface area contributed by atoms with E-state index in [4.69, 9.17) is 9.26 Å². The summed E-state index contributed by atoms with van der Waals surface area (Å²) in [7, 11) is 0. The molecule has 0 atom stereocenters. The van der Waals surface area contributed by atoms with Gasteiger partial charge < -0.3 is 9.26 Å². The molecule has 0 spiro atoms. The first-order chi connectivity index (χ1) is 10.7. The summed E-state index contributed by atoms with van der Waals surface area (Å²) in [6, 6.07) is 6.19. The molecule has 6 heteroatoms. The minimum Gasteiger partial charge on any atom is -0.490 e. The van der Waals surface area contributed by atoms with Gasteiger partial charge in [0.1, 0.15) is 17.7 Å². The van der Waals surface area contributed by atoms with Crippen molar-refractivity contribution >= 4 is 0 Å². The number of likely N-dealkylation sites (tertiary alicyclic amines) is 1. The molecule has 2 aromatic rings. The summed E-state index contributed by atoms with van der Waals surface area (Å²) in [6.45, 7) is 4.58. The SMILES string of the molecule is CCc1nc(CN2CCC(Oc3ccc(F)cc3)CC2)no1. The fourth-order valence-corrected chi connectivity index (χ4v) is 2.59. The molecule has 1 fully saturated rings. The van der Waals surface area contributed by atoms with E-state index < -0.39 is 0 Å². The van der Waals surface area contributed by atoms with Gasteiger partial charge in [-0.2, -0.15) is 4.98 Å². The molecule has 118 valence electrons. The van der Waals surface area contributed by atoms with Crippen molar-refractivity contribution in [2.75, 3.05) is 13.1 Å². The average Bonchev–Trinajstić information content (AvgIpc) is 2.99. The fraction of sp³-hybridized carbons (Fsp3) is 0.500. The molecule has 5 nitrogen and oxygen atoms in total. The van der Waals surface area contributed by atoms with E-state index in [1.165, 1.54) is 12.1 Å². The van der Waals surface area contributed by atoms with Gasteiger partial charge in [0.05, 0.1) is 6.54 Å². The first-order valence-electron chi connectivity index (χ1n) is 7.69. The van der Waals surface area contributed by atoms with Crippen LogP contribution in [0.3, 0.4) is 0 Å². The van der Waals surface area contributed by atoms with Crippen LogP contribution in [0.1, 0.15) is 31.5 Å². The number of hydrogen-bond donors (Lipinski definition) is 0. The summed E-state index contributed by atoms with van der Waals surface area (Å²) in [5, 5.41) is 3.98. The Kier molecular flexibility index (Phi) is 4.68. The van der Waals surface area contributed by atoms with E-state index in [2.05, 4.69) is 15.0 Å².